The van der Waals surface area contributed by atoms with Crippen LogP contribution >= 0.6 is 0 Å². The van der Waals surface area contributed by atoms with Gasteiger partial charge < -0.3 is 14.8 Å². The van der Waals surface area contributed by atoms with Crippen molar-refractivity contribution in [1.29, 1.82) is 0 Å². The zero-order chi connectivity index (χ0) is 23.9. The monoisotopic (exact) mass is 463 g/mol. The lowest BCUT2D eigenvalue weighted by molar-refractivity contribution is -0.134. The summed E-state index contributed by atoms with van der Waals surface area (Å²) in [6.07, 6.45) is 4.16. The van der Waals surface area contributed by atoms with Crippen molar-refractivity contribution in [1.82, 2.24) is 15.1 Å². The lowest BCUT2D eigenvalue weighted by Crippen LogP contribution is -2.50. The molecule has 1 saturated heterocycles. The summed E-state index contributed by atoms with van der Waals surface area (Å²) in [6.45, 7) is 3.20. The molecule has 3 aliphatic rings. The number of ether oxygens (including phenoxy) is 2. The van der Waals surface area contributed by atoms with Gasteiger partial charge in [-0.15, -0.1) is 0 Å². The van der Waals surface area contributed by atoms with Crippen molar-refractivity contribution in [2.24, 2.45) is 5.92 Å². The first-order chi connectivity index (χ1) is 16.5. The first-order valence-corrected chi connectivity index (χ1v) is 12.1. The molecule has 1 spiro atoms. The molecule has 2 heterocycles. The van der Waals surface area contributed by atoms with E-state index in [-0.39, 0.29) is 24.6 Å². The Morgan fingerprint density at radius 3 is 2.38 bits per heavy atom. The van der Waals surface area contributed by atoms with Crippen LogP contribution in [0.4, 0.5) is 4.79 Å². The molecule has 7 heteroatoms. The molecular formula is C27H33N3O4. The number of methoxy groups -OCH3 is 2. The number of hydrogen-bond donors (Lipinski definition) is 1. The highest BCUT2D eigenvalue weighted by Gasteiger charge is 2.52. The Balaban J connectivity index is 1.48. The smallest absolute Gasteiger partial charge is 0.326 e. The van der Waals surface area contributed by atoms with Gasteiger partial charge in [0.2, 0.25) is 0 Å². The van der Waals surface area contributed by atoms with Crippen molar-refractivity contribution in [3.63, 3.8) is 0 Å². The normalized spacial score (nSPS) is 27.0. The second-order valence-corrected chi connectivity index (χ2v) is 9.85. The number of urea groups is 1. The van der Waals surface area contributed by atoms with E-state index in [4.69, 9.17) is 9.47 Å². The van der Waals surface area contributed by atoms with Gasteiger partial charge in [0, 0.05) is 6.54 Å². The molecule has 2 fully saturated rings. The Morgan fingerprint density at radius 2 is 1.71 bits per heavy atom. The fraction of sp³-hybridized carbons (Fsp3) is 0.481. The van der Waals surface area contributed by atoms with Crippen LogP contribution in [0, 0.1) is 5.92 Å². The van der Waals surface area contributed by atoms with Gasteiger partial charge >= 0.3 is 6.03 Å². The highest BCUT2D eigenvalue weighted by molar-refractivity contribution is 6.07. The predicted octanol–water partition coefficient (Wildman–Crippen LogP) is 4.11. The summed E-state index contributed by atoms with van der Waals surface area (Å²) in [6, 6.07) is 13.9. The molecule has 2 aromatic carbocycles. The summed E-state index contributed by atoms with van der Waals surface area (Å²) in [5.74, 6) is 1.91. The molecule has 0 aromatic heterocycles. The van der Waals surface area contributed by atoms with Crippen LogP contribution in [0.5, 0.6) is 11.5 Å². The van der Waals surface area contributed by atoms with Crippen molar-refractivity contribution >= 4 is 11.9 Å². The number of fused-ring (bicyclic) bond motifs is 1. The van der Waals surface area contributed by atoms with Crippen LogP contribution in [0.2, 0.25) is 0 Å². The van der Waals surface area contributed by atoms with E-state index in [9.17, 15) is 9.59 Å². The van der Waals surface area contributed by atoms with E-state index in [1.54, 1.807) is 14.2 Å². The third kappa shape index (κ3) is 3.82. The van der Waals surface area contributed by atoms with E-state index in [2.05, 4.69) is 29.3 Å². The first kappa shape index (κ1) is 22.7. The van der Waals surface area contributed by atoms with Crippen molar-refractivity contribution in [3.8, 4) is 11.5 Å². The summed E-state index contributed by atoms with van der Waals surface area (Å²) in [5, 5.41) is 3.06. The number of benzene rings is 2. The minimum Gasteiger partial charge on any atom is -0.493 e. The Hall–Kier alpha value is -3.06. The maximum Gasteiger partial charge on any atom is 0.326 e. The summed E-state index contributed by atoms with van der Waals surface area (Å²) in [5.41, 5.74) is 2.70. The number of nitrogens with one attached hydrogen (secondary N) is 1. The Morgan fingerprint density at radius 1 is 1.03 bits per heavy atom. The van der Waals surface area contributed by atoms with E-state index < -0.39 is 5.54 Å². The lowest BCUT2D eigenvalue weighted by Gasteiger charge is -2.39. The first-order valence-electron chi connectivity index (χ1n) is 12.1. The lowest BCUT2D eigenvalue weighted by atomic mass is 9.77. The van der Waals surface area contributed by atoms with Crippen molar-refractivity contribution < 1.29 is 19.1 Å². The molecule has 7 nitrogen and oxygen atoms in total. The highest BCUT2D eigenvalue weighted by Crippen LogP contribution is 2.42. The average molecular weight is 464 g/mol. The quantitative estimate of drug-likeness (QED) is 0.676. The van der Waals surface area contributed by atoms with E-state index >= 15 is 0 Å². The molecule has 1 atom stereocenters. The van der Waals surface area contributed by atoms with Gasteiger partial charge in [0.1, 0.15) is 5.54 Å². The number of carbonyl (C=O) groups is 2. The molecule has 0 radical (unpaired) electrons. The molecule has 3 amide bonds. The summed E-state index contributed by atoms with van der Waals surface area (Å²) in [4.78, 5) is 30.2. The van der Waals surface area contributed by atoms with E-state index in [1.165, 1.54) is 10.5 Å². The molecule has 0 bridgehead atoms. The molecule has 2 aliphatic heterocycles. The molecule has 0 unspecified atom stereocenters. The molecule has 2 aromatic rings. The van der Waals surface area contributed by atoms with E-state index in [0.717, 1.165) is 49.8 Å². The minimum atomic E-state index is -0.726. The zero-order valence-electron chi connectivity index (χ0n) is 20.2. The van der Waals surface area contributed by atoms with Gasteiger partial charge in [-0.25, -0.2) is 9.69 Å². The molecule has 1 saturated carbocycles. The Kier molecular flexibility index (Phi) is 5.98. The number of carbonyl (C=O) groups excluding carboxylic acids is 2. The molecule has 34 heavy (non-hydrogen) atoms. The van der Waals surface area contributed by atoms with E-state index in [1.807, 2.05) is 30.3 Å². The Bertz CT molecular complexity index is 1080. The van der Waals surface area contributed by atoms with Crippen LogP contribution in [0.1, 0.15) is 55.3 Å². The van der Waals surface area contributed by atoms with Crippen LogP contribution in [0.25, 0.3) is 0 Å². The van der Waals surface area contributed by atoms with Crippen LogP contribution in [0.3, 0.4) is 0 Å². The molecule has 180 valence electrons. The van der Waals surface area contributed by atoms with Gasteiger partial charge in [0.15, 0.2) is 11.5 Å². The van der Waals surface area contributed by atoms with Gasteiger partial charge in [-0.3, -0.25) is 9.69 Å². The summed E-state index contributed by atoms with van der Waals surface area (Å²) in [7, 11) is 3.29. The number of imide groups is 1. The molecule has 5 rings (SSSR count). The zero-order valence-corrected chi connectivity index (χ0v) is 20.2. The third-order valence-corrected chi connectivity index (χ3v) is 7.79. The summed E-state index contributed by atoms with van der Waals surface area (Å²) < 4.78 is 11.1. The molecular weight excluding hydrogens is 430 g/mol. The van der Waals surface area contributed by atoms with Crippen molar-refractivity contribution in [2.45, 2.75) is 50.6 Å². The summed E-state index contributed by atoms with van der Waals surface area (Å²) >= 11 is 0. The minimum absolute atomic E-state index is 0.0747. The second kappa shape index (κ2) is 8.95. The van der Waals surface area contributed by atoms with Crippen molar-refractivity contribution in [3.05, 3.63) is 59.2 Å². The number of hydrogen-bond acceptors (Lipinski definition) is 5. The number of rotatable bonds is 5. The fourth-order valence-corrected chi connectivity index (χ4v) is 5.76. The van der Waals surface area contributed by atoms with Crippen LogP contribution in [-0.2, 0) is 11.2 Å². The van der Waals surface area contributed by atoms with Gasteiger partial charge in [-0.2, -0.15) is 0 Å². The van der Waals surface area contributed by atoms with E-state index in [0.29, 0.717) is 17.4 Å². The predicted molar refractivity (Wildman–Crippen MR) is 129 cm³/mol. The SMILES string of the molecule is COc1cc2c(cc1OC)[C@@H](c1ccccc1)N(CN1C(=O)NC3(CCC(C)CC3)C1=O)CC2. The van der Waals surface area contributed by atoms with Crippen LogP contribution < -0.4 is 14.8 Å². The second-order valence-electron chi connectivity index (χ2n) is 9.85. The maximum atomic E-state index is 13.5. The number of nitrogens with zero attached hydrogens (tertiary/aromatic N) is 2. The van der Waals surface area contributed by atoms with Gasteiger partial charge in [-0.1, -0.05) is 37.3 Å². The number of amides is 3. The average Bonchev–Trinajstić information content (AvgIpc) is 3.09. The standard InChI is InChI=1S/C27H33N3O4/c1-18-9-12-27(13-10-18)25(31)30(26(32)28-27)17-29-14-11-20-15-22(33-2)23(34-3)16-21(20)24(29)19-7-5-4-6-8-19/h4-8,15-16,18,24H,9-14,17H2,1-3H3,(H,28,32)/t18?,24-,27?/m1/s1. The van der Waals surface area contributed by atoms with Crippen molar-refractivity contribution in [2.75, 3.05) is 27.4 Å². The van der Waals surface area contributed by atoms with Gasteiger partial charge in [-0.05, 0) is 66.8 Å². The fourth-order valence-electron chi connectivity index (χ4n) is 5.76. The largest absolute Gasteiger partial charge is 0.493 e. The third-order valence-electron chi connectivity index (χ3n) is 7.79. The molecule has 1 N–H and O–H groups in total. The topological polar surface area (TPSA) is 71.1 Å². The van der Waals surface area contributed by atoms with Gasteiger partial charge in [0.05, 0.1) is 26.9 Å². The van der Waals surface area contributed by atoms with Crippen LogP contribution in [0.15, 0.2) is 42.5 Å². The maximum absolute atomic E-state index is 13.5. The highest BCUT2D eigenvalue weighted by atomic mass is 16.5. The molecule has 1 aliphatic carbocycles. The van der Waals surface area contributed by atoms with Crippen LogP contribution in [-0.4, -0.2) is 54.7 Å². The van der Waals surface area contributed by atoms with Gasteiger partial charge in [0.25, 0.3) is 5.91 Å². The Labute approximate surface area is 201 Å².